The van der Waals surface area contributed by atoms with E-state index in [9.17, 15) is 14.4 Å². The SMILES string of the molecule is Cc1cc(C)n(-c2ccc(C(=O)Nc3ccccc3C(=O)NCCC(N)=O)cn2)n1. The summed E-state index contributed by atoms with van der Waals surface area (Å²) in [5.41, 5.74) is 7.86. The van der Waals surface area contributed by atoms with Gasteiger partial charge >= 0.3 is 0 Å². The minimum atomic E-state index is -0.506. The first kappa shape index (κ1) is 20.7. The summed E-state index contributed by atoms with van der Waals surface area (Å²) in [7, 11) is 0. The van der Waals surface area contributed by atoms with Crippen LogP contribution in [-0.2, 0) is 4.79 Å². The van der Waals surface area contributed by atoms with Gasteiger partial charge in [0.05, 0.1) is 22.5 Å². The van der Waals surface area contributed by atoms with Crippen LogP contribution in [-0.4, -0.2) is 39.0 Å². The van der Waals surface area contributed by atoms with Gasteiger partial charge in [0.25, 0.3) is 11.8 Å². The van der Waals surface area contributed by atoms with Crippen molar-refractivity contribution in [2.45, 2.75) is 20.3 Å². The molecule has 9 heteroatoms. The average Bonchev–Trinajstić information content (AvgIpc) is 3.06. The van der Waals surface area contributed by atoms with E-state index in [4.69, 9.17) is 5.73 Å². The summed E-state index contributed by atoms with van der Waals surface area (Å²) in [6.07, 6.45) is 1.49. The lowest BCUT2D eigenvalue weighted by molar-refractivity contribution is -0.117. The molecule has 0 aliphatic heterocycles. The fourth-order valence-corrected chi connectivity index (χ4v) is 2.89. The molecule has 3 rings (SSSR count). The van der Waals surface area contributed by atoms with Gasteiger partial charge in [-0.3, -0.25) is 14.4 Å². The highest BCUT2D eigenvalue weighted by Gasteiger charge is 2.15. The maximum atomic E-state index is 12.6. The first-order valence-corrected chi connectivity index (χ1v) is 9.31. The number of nitrogens with two attached hydrogens (primary N) is 1. The Balaban J connectivity index is 1.72. The lowest BCUT2D eigenvalue weighted by Gasteiger charge is -2.11. The number of nitrogens with zero attached hydrogens (tertiary/aromatic N) is 3. The van der Waals surface area contributed by atoms with Crippen molar-refractivity contribution in [3.8, 4) is 5.82 Å². The van der Waals surface area contributed by atoms with Crippen molar-refractivity contribution in [1.82, 2.24) is 20.1 Å². The van der Waals surface area contributed by atoms with Gasteiger partial charge in [0, 0.05) is 24.9 Å². The summed E-state index contributed by atoms with van der Waals surface area (Å²) in [4.78, 5) is 40.1. The third-order valence-corrected chi connectivity index (χ3v) is 4.31. The molecule has 0 fully saturated rings. The molecular weight excluding hydrogens is 384 g/mol. The number of aryl methyl sites for hydroxylation is 2. The van der Waals surface area contributed by atoms with Crippen LogP contribution in [0.2, 0.25) is 0 Å². The van der Waals surface area contributed by atoms with E-state index in [1.165, 1.54) is 6.20 Å². The predicted octanol–water partition coefficient (Wildman–Crippen LogP) is 1.74. The number of para-hydroxylation sites is 1. The van der Waals surface area contributed by atoms with Crippen molar-refractivity contribution in [2.75, 3.05) is 11.9 Å². The Hall–Kier alpha value is -4.01. The van der Waals surface area contributed by atoms with Crippen LogP contribution in [0, 0.1) is 13.8 Å². The quantitative estimate of drug-likeness (QED) is 0.550. The smallest absolute Gasteiger partial charge is 0.257 e. The lowest BCUT2D eigenvalue weighted by Crippen LogP contribution is -2.28. The minimum absolute atomic E-state index is 0.0353. The number of pyridine rings is 1. The van der Waals surface area contributed by atoms with Gasteiger partial charge in [-0.15, -0.1) is 0 Å². The second-order valence-electron chi connectivity index (χ2n) is 6.72. The Kier molecular flexibility index (Phi) is 6.21. The molecule has 30 heavy (non-hydrogen) atoms. The number of anilines is 1. The van der Waals surface area contributed by atoms with Crippen LogP contribution in [0.1, 0.15) is 38.5 Å². The lowest BCUT2D eigenvalue weighted by atomic mass is 10.1. The van der Waals surface area contributed by atoms with Crippen LogP contribution < -0.4 is 16.4 Å². The normalized spacial score (nSPS) is 10.5. The van der Waals surface area contributed by atoms with Crippen molar-refractivity contribution in [2.24, 2.45) is 5.73 Å². The highest BCUT2D eigenvalue weighted by atomic mass is 16.2. The Labute approximate surface area is 173 Å². The molecule has 9 nitrogen and oxygen atoms in total. The number of amides is 3. The van der Waals surface area contributed by atoms with Crippen molar-refractivity contribution in [1.29, 1.82) is 0 Å². The molecule has 2 aromatic heterocycles. The van der Waals surface area contributed by atoms with Crippen LogP contribution in [0.5, 0.6) is 0 Å². The standard InChI is InChI=1S/C21H22N6O3/c1-13-11-14(2)27(26-13)19-8-7-15(12-24-19)20(29)25-17-6-4-3-5-16(17)21(30)23-10-9-18(22)28/h3-8,11-12H,9-10H2,1-2H3,(H2,22,28)(H,23,30)(H,25,29). The van der Waals surface area contributed by atoms with Gasteiger partial charge < -0.3 is 16.4 Å². The molecule has 3 aromatic rings. The third-order valence-electron chi connectivity index (χ3n) is 4.31. The molecule has 0 atom stereocenters. The Morgan fingerprint density at radius 1 is 1.07 bits per heavy atom. The van der Waals surface area contributed by atoms with Gasteiger partial charge in [-0.25, -0.2) is 9.67 Å². The van der Waals surface area contributed by atoms with E-state index >= 15 is 0 Å². The largest absolute Gasteiger partial charge is 0.370 e. The van der Waals surface area contributed by atoms with Crippen LogP contribution in [0.4, 0.5) is 5.69 Å². The fraction of sp³-hybridized carbons (Fsp3) is 0.190. The zero-order valence-corrected chi connectivity index (χ0v) is 16.7. The third kappa shape index (κ3) is 4.88. The summed E-state index contributed by atoms with van der Waals surface area (Å²) in [6.45, 7) is 3.94. The summed E-state index contributed by atoms with van der Waals surface area (Å²) < 4.78 is 1.70. The van der Waals surface area contributed by atoms with Crippen molar-refractivity contribution < 1.29 is 14.4 Å². The highest BCUT2D eigenvalue weighted by Crippen LogP contribution is 2.17. The maximum absolute atomic E-state index is 12.6. The molecule has 4 N–H and O–H groups in total. The molecule has 0 spiro atoms. The van der Waals surface area contributed by atoms with E-state index in [1.807, 2.05) is 19.9 Å². The molecule has 2 heterocycles. The van der Waals surface area contributed by atoms with Gasteiger partial charge in [0.15, 0.2) is 5.82 Å². The molecule has 1 aromatic carbocycles. The van der Waals surface area contributed by atoms with Gasteiger partial charge in [-0.05, 0) is 44.2 Å². The fourth-order valence-electron chi connectivity index (χ4n) is 2.89. The number of nitrogens with one attached hydrogen (secondary N) is 2. The topological polar surface area (TPSA) is 132 Å². The number of carbonyl (C=O) groups is 3. The minimum Gasteiger partial charge on any atom is -0.370 e. The molecule has 0 radical (unpaired) electrons. The van der Waals surface area contributed by atoms with E-state index in [0.29, 0.717) is 17.1 Å². The Morgan fingerprint density at radius 2 is 1.83 bits per heavy atom. The Bertz CT molecular complexity index is 1090. The van der Waals surface area contributed by atoms with E-state index in [2.05, 4.69) is 20.7 Å². The monoisotopic (exact) mass is 406 g/mol. The van der Waals surface area contributed by atoms with E-state index in [0.717, 1.165) is 11.4 Å². The molecule has 0 saturated carbocycles. The van der Waals surface area contributed by atoms with Crippen molar-refractivity contribution in [3.05, 3.63) is 71.2 Å². The van der Waals surface area contributed by atoms with E-state index in [-0.39, 0.29) is 18.5 Å². The van der Waals surface area contributed by atoms with Crippen LogP contribution >= 0.6 is 0 Å². The van der Waals surface area contributed by atoms with Crippen molar-refractivity contribution in [3.63, 3.8) is 0 Å². The summed E-state index contributed by atoms with van der Waals surface area (Å²) in [5.74, 6) is -0.718. The molecule has 0 saturated heterocycles. The molecule has 0 aliphatic rings. The predicted molar refractivity (Wildman–Crippen MR) is 111 cm³/mol. The summed E-state index contributed by atoms with van der Waals surface area (Å²) in [5, 5.41) is 9.70. The van der Waals surface area contributed by atoms with Crippen LogP contribution in [0.3, 0.4) is 0 Å². The van der Waals surface area contributed by atoms with Gasteiger partial charge in [-0.1, -0.05) is 12.1 Å². The van der Waals surface area contributed by atoms with Gasteiger partial charge in [-0.2, -0.15) is 5.10 Å². The number of benzene rings is 1. The van der Waals surface area contributed by atoms with Crippen LogP contribution in [0.15, 0.2) is 48.7 Å². The number of primary amides is 1. The van der Waals surface area contributed by atoms with Gasteiger partial charge in [0.2, 0.25) is 5.91 Å². The number of rotatable bonds is 7. The maximum Gasteiger partial charge on any atom is 0.257 e. The number of hydrogen-bond donors (Lipinski definition) is 3. The molecule has 154 valence electrons. The van der Waals surface area contributed by atoms with Gasteiger partial charge in [0.1, 0.15) is 0 Å². The second-order valence-corrected chi connectivity index (χ2v) is 6.72. The molecule has 0 bridgehead atoms. The molecule has 3 amide bonds. The summed E-state index contributed by atoms with van der Waals surface area (Å²) in [6, 6.07) is 11.9. The molecular formula is C21H22N6O3. The zero-order valence-electron chi connectivity index (χ0n) is 16.7. The first-order valence-electron chi connectivity index (χ1n) is 9.31. The Morgan fingerprint density at radius 3 is 2.47 bits per heavy atom. The average molecular weight is 406 g/mol. The number of aromatic nitrogens is 3. The van der Waals surface area contributed by atoms with E-state index < -0.39 is 17.7 Å². The molecule has 0 unspecified atom stereocenters. The second kappa shape index (κ2) is 8.99. The van der Waals surface area contributed by atoms with E-state index in [1.54, 1.807) is 41.1 Å². The van der Waals surface area contributed by atoms with Crippen LogP contribution in [0.25, 0.3) is 5.82 Å². The van der Waals surface area contributed by atoms with Crippen molar-refractivity contribution >= 4 is 23.4 Å². The molecule has 0 aliphatic carbocycles. The highest BCUT2D eigenvalue weighted by molar-refractivity contribution is 6.08. The summed E-state index contributed by atoms with van der Waals surface area (Å²) >= 11 is 0. The number of carbonyl (C=O) groups excluding carboxylic acids is 3. The zero-order chi connectivity index (χ0) is 21.7. The number of hydrogen-bond acceptors (Lipinski definition) is 5. The first-order chi connectivity index (χ1) is 14.3.